The van der Waals surface area contributed by atoms with Crippen molar-refractivity contribution in [2.24, 2.45) is 5.41 Å². The zero-order valence-corrected chi connectivity index (χ0v) is 26.2. The van der Waals surface area contributed by atoms with E-state index in [9.17, 15) is 23.7 Å². The van der Waals surface area contributed by atoms with E-state index in [-0.39, 0.29) is 38.3 Å². The fourth-order valence-corrected chi connectivity index (χ4v) is 3.50. The van der Waals surface area contributed by atoms with Crippen molar-refractivity contribution < 1.29 is 33.0 Å². The van der Waals surface area contributed by atoms with Crippen molar-refractivity contribution in [3.05, 3.63) is 72.9 Å². The number of ether oxygens (including phenoxy) is 1. The van der Waals surface area contributed by atoms with Gasteiger partial charge in [-0.05, 0) is 38.5 Å². The molecule has 0 bridgehead atoms. The van der Waals surface area contributed by atoms with Crippen LogP contribution < -0.4 is 10.6 Å². The maximum Gasteiger partial charge on any atom is 0.309 e. The van der Waals surface area contributed by atoms with Gasteiger partial charge in [0.2, 0.25) is 11.8 Å². The third-order valence-electron chi connectivity index (χ3n) is 5.72. The van der Waals surface area contributed by atoms with Crippen LogP contribution in [0.3, 0.4) is 0 Å². The van der Waals surface area contributed by atoms with Crippen molar-refractivity contribution in [1.29, 1.82) is 0 Å². The van der Waals surface area contributed by atoms with Gasteiger partial charge >= 0.3 is 5.97 Å². The van der Waals surface area contributed by atoms with Crippen LogP contribution in [0.4, 0.5) is 0 Å². The fourth-order valence-electron chi connectivity index (χ4n) is 3.22. The number of aliphatic hydroxyl groups excluding tert-OH is 1. The summed E-state index contributed by atoms with van der Waals surface area (Å²) >= 11 is -1.99. The van der Waals surface area contributed by atoms with E-state index in [0.29, 0.717) is 6.42 Å². The largest absolute Gasteiger partial charge is 0.465 e. The van der Waals surface area contributed by atoms with Gasteiger partial charge in [0.25, 0.3) is 0 Å². The van der Waals surface area contributed by atoms with Crippen LogP contribution in [0.15, 0.2) is 72.9 Å². The molecule has 0 aliphatic carbocycles. The zero-order valence-electron chi connectivity index (χ0n) is 25.3. The minimum atomic E-state index is -1.99. The quantitative estimate of drug-likeness (QED) is 0.0740. The molecule has 1 unspecified atom stereocenters. The maximum atomic E-state index is 12.2. The highest BCUT2D eigenvalue weighted by Gasteiger charge is 2.34. The molecular formula is C32H50N2O7S. The number of rotatable bonds is 23. The molecule has 0 spiro atoms. The zero-order chi connectivity index (χ0) is 31.5. The van der Waals surface area contributed by atoms with E-state index >= 15 is 0 Å². The smallest absolute Gasteiger partial charge is 0.309 e. The van der Waals surface area contributed by atoms with Crippen LogP contribution in [0.5, 0.6) is 0 Å². The SMILES string of the molecule is CC/C=C\C/C=C\C/C=C\C/C=C\C/C=C\C/C=C\CC(=O)OCC(C)(C)[C@@H](O)C(=O)NCCC(=O)NCCS(=O)O. The maximum absolute atomic E-state index is 12.2. The highest BCUT2D eigenvalue weighted by Crippen LogP contribution is 2.21. The Morgan fingerprint density at radius 3 is 1.74 bits per heavy atom. The average Bonchev–Trinajstić information content (AvgIpc) is 2.94. The molecule has 0 heterocycles. The lowest BCUT2D eigenvalue weighted by Gasteiger charge is -2.28. The van der Waals surface area contributed by atoms with Gasteiger partial charge in [-0.15, -0.1) is 0 Å². The van der Waals surface area contributed by atoms with Gasteiger partial charge in [0, 0.05) is 24.9 Å². The topological polar surface area (TPSA) is 142 Å². The summed E-state index contributed by atoms with van der Waals surface area (Å²) in [5.74, 6) is -1.62. The van der Waals surface area contributed by atoms with Gasteiger partial charge in [-0.1, -0.05) is 93.7 Å². The molecule has 42 heavy (non-hydrogen) atoms. The molecule has 0 saturated heterocycles. The van der Waals surface area contributed by atoms with Crippen molar-refractivity contribution in [2.45, 2.75) is 78.2 Å². The molecule has 10 heteroatoms. The molecule has 9 nitrogen and oxygen atoms in total. The number of amides is 2. The first kappa shape index (κ1) is 38.9. The number of carbonyl (C=O) groups excluding carboxylic acids is 3. The predicted octanol–water partition coefficient (Wildman–Crippen LogP) is 4.85. The Balaban J connectivity index is 4.06. The predicted molar refractivity (Wildman–Crippen MR) is 170 cm³/mol. The van der Waals surface area contributed by atoms with Crippen LogP contribution in [-0.4, -0.2) is 63.2 Å². The minimum Gasteiger partial charge on any atom is -0.465 e. The summed E-state index contributed by atoms with van der Waals surface area (Å²) in [6.45, 7) is 5.22. The summed E-state index contributed by atoms with van der Waals surface area (Å²) < 4.78 is 24.5. The van der Waals surface area contributed by atoms with Crippen LogP contribution in [0, 0.1) is 5.41 Å². The number of aliphatic hydroxyl groups is 1. The number of esters is 1. The molecule has 0 aromatic carbocycles. The number of hydrogen-bond acceptors (Lipinski definition) is 6. The van der Waals surface area contributed by atoms with Gasteiger partial charge in [0.15, 0.2) is 11.1 Å². The standard InChI is InChI=1S/C32H50N2O7S/c1-4-5-6-7-8-9-10-11-12-13-14-15-16-17-18-19-20-21-22-29(36)41-27-32(2,3)30(37)31(38)34-24-23-28(35)33-25-26-42(39)40/h5-6,8-9,11-12,14-15,17-18,20-21,30,37H,4,7,10,13,16,19,22-27H2,1-3H3,(H,33,35)(H,34,38)(H,39,40)/b6-5-,9-8-,12-11-,15-14-,18-17-,21-20-/t30-/m0/s1. The summed E-state index contributed by atoms with van der Waals surface area (Å²) in [4.78, 5) is 35.9. The van der Waals surface area contributed by atoms with Crippen molar-refractivity contribution >= 4 is 28.9 Å². The van der Waals surface area contributed by atoms with Crippen LogP contribution >= 0.6 is 0 Å². The van der Waals surface area contributed by atoms with Crippen LogP contribution in [-0.2, 0) is 30.2 Å². The second-order valence-corrected chi connectivity index (χ2v) is 11.1. The van der Waals surface area contributed by atoms with Crippen molar-refractivity contribution in [3.63, 3.8) is 0 Å². The molecule has 0 aromatic heterocycles. The van der Waals surface area contributed by atoms with E-state index < -0.39 is 40.4 Å². The van der Waals surface area contributed by atoms with Crippen LogP contribution in [0.2, 0.25) is 0 Å². The summed E-state index contributed by atoms with van der Waals surface area (Å²) in [5, 5.41) is 15.3. The molecule has 0 fully saturated rings. The van der Waals surface area contributed by atoms with E-state index in [2.05, 4.69) is 72.2 Å². The normalized spacial score (nSPS) is 14.1. The highest BCUT2D eigenvalue weighted by molar-refractivity contribution is 7.79. The van der Waals surface area contributed by atoms with Crippen LogP contribution in [0.1, 0.15) is 72.1 Å². The van der Waals surface area contributed by atoms with E-state index in [1.165, 1.54) is 0 Å². The lowest BCUT2D eigenvalue weighted by Crippen LogP contribution is -2.47. The van der Waals surface area contributed by atoms with Gasteiger partial charge in [0.1, 0.15) is 6.10 Å². The second-order valence-electron chi connectivity index (χ2n) is 10.1. The molecule has 0 saturated carbocycles. The van der Waals surface area contributed by atoms with Gasteiger partial charge in [0.05, 0.1) is 18.8 Å². The number of allylic oxidation sites excluding steroid dienone is 11. The molecule has 0 aromatic rings. The first-order valence-electron chi connectivity index (χ1n) is 14.5. The molecule has 0 radical (unpaired) electrons. The summed E-state index contributed by atoms with van der Waals surface area (Å²) in [6, 6.07) is 0. The molecule has 2 amide bonds. The summed E-state index contributed by atoms with van der Waals surface area (Å²) in [6.07, 6.45) is 29.0. The summed E-state index contributed by atoms with van der Waals surface area (Å²) in [5.41, 5.74) is -1.04. The Labute approximate surface area is 254 Å². The van der Waals surface area contributed by atoms with Gasteiger partial charge in [-0.3, -0.25) is 14.4 Å². The van der Waals surface area contributed by atoms with E-state index in [0.717, 1.165) is 32.1 Å². The number of hydrogen-bond donors (Lipinski definition) is 4. The lowest BCUT2D eigenvalue weighted by molar-refractivity contribution is -0.152. The molecule has 4 N–H and O–H groups in total. The van der Waals surface area contributed by atoms with E-state index in [1.54, 1.807) is 19.9 Å². The van der Waals surface area contributed by atoms with Crippen molar-refractivity contribution in [2.75, 3.05) is 25.4 Å². The van der Waals surface area contributed by atoms with Crippen molar-refractivity contribution in [1.82, 2.24) is 10.6 Å². The van der Waals surface area contributed by atoms with Crippen LogP contribution in [0.25, 0.3) is 0 Å². The Hall–Kier alpha value is -3.08. The summed E-state index contributed by atoms with van der Waals surface area (Å²) in [7, 11) is 0. The Bertz CT molecular complexity index is 981. The van der Waals surface area contributed by atoms with Crippen molar-refractivity contribution in [3.8, 4) is 0 Å². The molecule has 0 aliphatic rings. The highest BCUT2D eigenvalue weighted by atomic mass is 32.2. The first-order valence-corrected chi connectivity index (χ1v) is 15.7. The fraction of sp³-hybridized carbons (Fsp3) is 0.531. The molecule has 0 rings (SSSR count). The van der Waals surface area contributed by atoms with Gasteiger partial charge in [-0.25, -0.2) is 4.21 Å². The Kier molecular flexibility index (Phi) is 23.7. The molecule has 2 atom stereocenters. The van der Waals surface area contributed by atoms with E-state index in [1.807, 2.05) is 12.2 Å². The molecular weight excluding hydrogens is 556 g/mol. The first-order chi connectivity index (χ1) is 20.1. The Morgan fingerprint density at radius 1 is 0.786 bits per heavy atom. The average molecular weight is 607 g/mol. The second kappa shape index (κ2) is 25.6. The molecule has 236 valence electrons. The molecule has 0 aliphatic heterocycles. The van der Waals surface area contributed by atoms with Gasteiger partial charge < -0.3 is 25.0 Å². The Morgan fingerprint density at radius 2 is 1.26 bits per heavy atom. The van der Waals surface area contributed by atoms with Gasteiger partial charge in [-0.2, -0.15) is 0 Å². The van der Waals surface area contributed by atoms with E-state index in [4.69, 9.17) is 9.29 Å². The number of nitrogens with one attached hydrogen (secondary N) is 2. The lowest BCUT2D eigenvalue weighted by atomic mass is 9.87. The minimum absolute atomic E-state index is 0.0114. The third kappa shape index (κ3) is 23.6. The third-order valence-corrected chi connectivity index (χ3v) is 6.28. The number of carbonyl (C=O) groups is 3. The monoisotopic (exact) mass is 606 g/mol.